The first-order valence-corrected chi connectivity index (χ1v) is 7.69. The molecule has 0 saturated heterocycles. The van der Waals surface area contributed by atoms with Crippen LogP contribution >= 0.6 is 11.6 Å². The van der Waals surface area contributed by atoms with E-state index in [-0.39, 0.29) is 17.9 Å². The number of anilines is 1. The Morgan fingerprint density at radius 3 is 2.52 bits per heavy atom. The van der Waals surface area contributed by atoms with Crippen molar-refractivity contribution in [2.75, 3.05) is 5.32 Å². The van der Waals surface area contributed by atoms with Gasteiger partial charge in [-0.25, -0.2) is 4.79 Å². The van der Waals surface area contributed by atoms with Gasteiger partial charge >= 0.3 is 5.97 Å². The summed E-state index contributed by atoms with van der Waals surface area (Å²) in [4.78, 5) is 23.8. The third-order valence-electron chi connectivity index (χ3n) is 3.72. The summed E-state index contributed by atoms with van der Waals surface area (Å²) in [5, 5.41) is 12.8. The minimum atomic E-state index is -1.01. The second-order valence-corrected chi connectivity index (χ2v) is 5.85. The molecular weight excluding hydrogens is 316 g/mol. The predicted molar refractivity (Wildman–Crippen MR) is 90.3 cm³/mol. The molecule has 0 aliphatic heterocycles. The molecule has 1 heterocycles. The van der Waals surface area contributed by atoms with Crippen molar-refractivity contribution in [3.8, 4) is 0 Å². The smallest absolute Gasteiger partial charge is 0.337 e. The van der Waals surface area contributed by atoms with Crippen LogP contribution in [0.5, 0.6) is 0 Å². The first-order chi connectivity index (χ1) is 10.8. The Labute approximate surface area is 139 Å². The molecule has 0 atom stereocenters. The van der Waals surface area contributed by atoms with E-state index in [2.05, 4.69) is 5.32 Å². The average molecular weight is 335 g/mol. The van der Waals surface area contributed by atoms with Gasteiger partial charge in [0, 0.05) is 29.1 Å². The summed E-state index contributed by atoms with van der Waals surface area (Å²) in [6.07, 6.45) is 1.77. The number of hydrogen-bond acceptors (Lipinski definition) is 2. The lowest BCUT2D eigenvalue weighted by Crippen LogP contribution is -2.19. The SMILES string of the molecule is CCn1cc(C)c(C(=O)O)c1CC(=O)Nc1ccc(Cl)cc1C. The monoisotopic (exact) mass is 334 g/mol. The van der Waals surface area contributed by atoms with E-state index in [1.54, 1.807) is 35.9 Å². The van der Waals surface area contributed by atoms with Crippen LogP contribution < -0.4 is 5.32 Å². The first kappa shape index (κ1) is 17.1. The molecule has 1 aromatic carbocycles. The minimum absolute atomic E-state index is 0.00534. The molecule has 1 amide bonds. The van der Waals surface area contributed by atoms with Crippen molar-refractivity contribution in [1.29, 1.82) is 0 Å². The number of nitrogens with zero attached hydrogens (tertiary/aromatic N) is 1. The summed E-state index contributed by atoms with van der Waals surface area (Å²) in [5.74, 6) is -1.27. The van der Waals surface area contributed by atoms with Crippen molar-refractivity contribution >= 4 is 29.2 Å². The zero-order valence-electron chi connectivity index (χ0n) is 13.3. The van der Waals surface area contributed by atoms with Gasteiger partial charge in [0.15, 0.2) is 0 Å². The Morgan fingerprint density at radius 1 is 1.26 bits per heavy atom. The van der Waals surface area contributed by atoms with Crippen molar-refractivity contribution in [1.82, 2.24) is 4.57 Å². The number of carboxylic acid groups (broad SMARTS) is 1. The number of aryl methyl sites for hydroxylation is 3. The van der Waals surface area contributed by atoms with Crippen LogP contribution in [0.4, 0.5) is 5.69 Å². The summed E-state index contributed by atoms with van der Waals surface area (Å²) >= 11 is 5.90. The standard InChI is InChI=1S/C17H19ClN2O3/c1-4-20-9-11(3)16(17(22)23)14(20)8-15(21)19-13-6-5-12(18)7-10(13)2/h5-7,9H,4,8H2,1-3H3,(H,19,21)(H,22,23). The summed E-state index contributed by atoms with van der Waals surface area (Å²) in [6.45, 7) is 6.11. The maximum Gasteiger partial charge on any atom is 0.337 e. The van der Waals surface area contributed by atoms with Crippen molar-refractivity contribution in [3.63, 3.8) is 0 Å². The molecule has 1 aromatic heterocycles. The van der Waals surface area contributed by atoms with Gasteiger partial charge in [-0.2, -0.15) is 0 Å². The normalized spacial score (nSPS) is 10.6. The Kier molecular flexibility index (Phi) is 5.11. The van der Waals surface area contributed by atoms with Crippen molar-refractivity contribution in [3.05, 3.63) is 51.8 Å². The van der Waals surface area contributed by atoms with Crippen LogP contribution in [0.15, 0.2) is 24.4 Å². The van der Waals surface area contributed by atoms with E-state index in [9.17, 15) is 14.7 Å². The zero-order valence-corrected chi connectivity index (χ0v) is 14.1. The van der Waals surface area contributed by atoms with Gasteiger partial charge in [-0.15, -0.1) is 0 Å². The van der Waals surface area contributed by atoms with E-state index in [4.69, 9.17) is 11.6 Å². The van der Waals surface area contributed by atoms with Crippen molar-refractivity contribution in [2.45, 2.75) is 33.7 Å². The van der Waals surface area contributed by atoms with Crippen LogP contribution in [-0.2, 0) is 17.8 Å². The molecule has 0 bridgehead atoms. The largest absolute Gasteiger partial charge is 0.478 e. The number of hydrogen-bond donors (Lipinski definition) is 2. The Balaban J connectivity index is 2.25. The van der Waals surface area contributed by atoms with Crippen LogP contribution in [0.1, 0.15) is 34.1 Å². The van der Waals surface area contributed by atoms with Crippen LogP contribution in [0.3, 0.4) is 0 Å². The molecule has 0 aliphatic carbocycles. The Hall–Kier alpha value is -2.27. The van der Waals surface area contributed by atoms with Gasteiger partial charge in [0.25, 0.3) is 0 Å². The fourth-order valence-corrected chi connectivity index (χ4v) is 2.85. The van der Waals surface area contributed by atoms with E-state index in [0.717, 1.165) is 5.56 Å². The predicted octanol–water partition coefficient (Wildman–Crippen LogP) is 3.66. The molecule has 6 heteroatoms. The van der Waals surface area contributed by atoms with Gasteiger partial charge in [0.1, 0.15) is 0 Å². The van der Waals surface area contributed by atoms with E-state index >= 15 is 0 Å². The van der Waals surface area contributed by atoms with Gasteiger partial charge in [-0.3, -0.25) is 4.79 Å². The number of carbonyl (C=O) groups is 2. The van der Waals surface area contributed by atoms with Crippen LogP contribution in [0, 0.1) is 13.8 Å². The van der Waals surface area contributed by atoms with Crippen LogP contribution in [0.25, 0.3) is 0 Å². The highest BCUT2D eigenvalue weighted by molar-refractivity contribution is 6.30. The third kappa shape index (κ3) is 3.74. The molecule has 2 N–H and O–H groups in total. The second-order valence-electron chi connectivity index (χ2n) is 5.41. The van der Waals surface area contributed by atoms with E-state index < -0.39 is 5.97 Å². The molecular formula is C17H19ClN2O3. The second kappa shape index (κ2) is 6.87. The van der Waals surface area contributed by atoms with Gasteiger partial charge in [-0.05, 0) is 50.1 Å². The average Bonchev–Trinajstić information content (AvgIpc) is 2.77. The number of carboxylic acids is 1. The number of aromatic carboxylic acids is 1. The summed E-state index contributed by atoms with van der Waals surface area (Å²) in [6, 6.07) is 5.20. The molecule has 0 spiro atoms. The number of benzene rings is 1. The van der Waals surface area contributed by atoms with Crippen LogP contribution in [0.2, 0.25) is 5.02 Å². The quantitative estimate of drug-likeness (QED) is 0.876. The van der Waals surface area contributed by atoms with E-state index in [0.29, 0.717) is 28.5 Å². The lowest BCUT2D eigenvalue weighted by atomic mass is 10.1. The molecule has 0 unspecified atom stereocenters. The maximum atomic E-state index is 12.3. The fraction of sp³-hybridized carbons (Fsp3) is 0.294. The number of halogens is 1. The van der Waals surface area contributed by atoms with Crippen molar-refractivity contribution < 1.29 is 14.7 Å². The Morgan fingerprint density at radius 2 is 1.96 bits per heavy atom. The van der Waals surface area contributed by atoms with Crippen LogP contribution in [-0.4, -0.2) is 21.6 Å². The fourth-order valence-electron chi connectivity index (χ4n) is 2.63. The summed E-state index contributed by atoms with van der Waals surface area (Å²) < 4.78 is 1.80. The zero-order chi connectivity index (χ0) is 17.1. The number of aromatic nitrogens is 1. The molecule has 0 radical (unpaired) electrons. The van der Waals surface area contributed by atoms with Gasteiger partial charge in [0.05, 0.1) is 12.0 Å². The summed E-state index contributed by atoms with van der Waals surface area (Å²) in [5.41, 5.74) is 2.90. The molecule has 23 heavy (non-hydrogen) atoms. The molecule has 0 fully saturated rings. The minimum Gasteiger partial charge on any atom is -0.478 e. The van der Waals surface area contributed by atoms with E-state index in [1.807, 2.05) is 13.8 Å². The highest BCUT2D eigenvalue weighted by Crippen LogP contribution is 2.21. The molecule has 122 valence electrons. The highest BCUT2D eigenvalue weighted by Gasteiger charge is 2.21. The molecule has 0 saturated carbocycles. The number of rotatable bonds is 5. The Bertz CT molecular complexity index is 765. The topological polar surface area (TPSA) is 71.3 Å². The number of nitrogens with one attached hydrogen (secondary N) is 1. The van der Waals surface area contributed by atoms with Crippen molar-refractivity contribution in [2.24, 2.45) is 0 Å². The molecule has 0 aliphatic rings. The highest BCUT2D eigenvalue weighted by atomic mass is 35.5. The lowest BCUT2D eigenvalue weighted by molar-refractivity contribution is -0.115. The van der Waals surface area contributed by atoms with Gasteiger partial charge in [-0.1, -0.05) is 11.6 Å². The molecule has 2 aromatic rings. The third-order valence-corrected chi connectivity index (χ3v) is 3.96. The number of amides is 1. The van der Waals surface area contributed by atoms with Gasteiger partial charge in [0.2, 0.25) is 5.91 Å². The number of carbonyl (C=O) groups excluding carboxylic acids is 1. The molecule has 2 rings (SSSR count). The first-order valence-electron chi connectivity index (χ1n) is 7.31. The molecule has 5 nitrogen and oxygen atoms in total. The van der Waals surface area contributed by atoms with E-state index in [1.165, 1.54) is 0 Å². The van der Waals surface area contributed by atoms with Gasteiger partial charge < -0.3 is 15.0 Å². The lowest BCUT2D eigenvalue weighted by Gasteiger charge is -2.11. The maximum absolute atomic E-state index is 12.3. The summed E-state index contributed by atoms with van der Waals surface area (Å²) in [7, 11) is 0.